The molecule has 0 atom stereocenters. The molecule has 1 aliphatic rings. The fraction of sp³-hybridized carbons (Fsp3) is 0.278. The summed E-state index contributed by atoms with van der Waals surface area (Å²) in [7, 11) is 1.37. The number of thiophene rings is 1. The number of carbonyl (C=O) groups excluding carboxylic acids is 2. The van der Waals surface area contributed by atoms with Gasteiger partial charge in [0.05, 0.1) is 12.7 Å². The number of methoxy groups -OCH3 is 1. The molecule has 0 saturated carbocycles. The van der Waals surface area contributed by atoms with E-state index in [9.17, 15) is 9.59 Å². The largest absolute Gasteiger partial charge is 0.465 e. The second-order valence-corrected chi connectivity index (χ2v) is 8.25. The second kappa shape index (κ2) is 8.28. The van der Waals surface area contributed by atoms with Crippen LogP contribution in [0.15, 0.2) is 28.7 Å². The number of fused-ring (bicyclic) bond motifs is 1. The lowest BCUT2D eigenvalue weighted by Crippen LogP contribution is -2.34. The summed E-state index contributed by atoms with van der Waals surface area (Å²) in [5.41, 5.74) is 2.07. The van der Waals surface area contributed by atoms with Gasteiger partial charge in [0.25, 0.3) is 5.91 Å². The van der Waals surface area contributed by atoms with Crippen molar-refractivity contribution in [2.24, 2.45) is 0 Å². The molecule has 0 aliphatic heterocycles. The van der Waals surface area contributed by atoms with Gasteiger partial charge in [0, 0.05) is 14.9 Å². The Labute approximate surface area is 169 Å². The lowest BCUT2D eigenvalue weighted by atomic mass is 9.95. The van der Waals surface area contributed by atoms with E-state index < -0.39 is 0 Å². The monoisotopic (exact) mass is 452 g/mol. The number of ether oxygens (including phenoxy) is 1. The van der Waals surface area contributed by atoms with Crippen LogP contribution in [0.2, 0.25) is 0 Å². The summed E-state index contributed by atoms with van der Waals surface area (Å²) in [5, 5.41) is 6.44. The maximum absolute atomic E-state index is 12.3. The third-order valence-corrected chi connectivity index (χ3v) is 6.06. The van der Waals surface area contributed by atoms with Crippen LogP contribution in [0.1, 0.15) is 44.0 Å². The fourth-order valence-electron chi connectivity index (χ4n) is 2.88. The van der Waals surface area contributed by atoms with E-state index in [1.54, 1.807) is 24.3 Å². The molecule has 0 radical (unpaired) electrons. The van der Waals surface area contributed by atoms with Gasteiger partial charge in [-0.15, -0.1) is 11.3 Å². The van der Waals surface area contributed by atoms with Crippen LogP contribution in [-0.2, 0) is 17.6 Å². The first kappa shape index (κ1) is 19.0. The van der Waals surface area contributed by atoms with Crippen LogP contribution < -0.4 is 10.6 Å². The Bertz CT molecular complexity index is 862. The van der Waals surface area contributed by atoms with Gasteiger partial charge in [-0.3, -0.25) is 10.1 Å². The van der Waals surface area contributed by atoms with Crippen molar-refractivity contribution in [3.63, 3.8) is 0 Å². The van der Waals surface area contributed by atoms with Crippen LogP contribution in [0, 0.1) is 0 Å². The lowest BCUT2D eigenvalue weighted by Gasteiger charge is -2.12. The van der Waals surface area contributed by atoms with E-state index in [1.807, 2.05) is 0 Å². The van der Waals surface area contributed by atoms with Crippen molar-refractivity contribution in [1.82, 2.24) is 5.32 Å². The molecule has 8 heteroatoms. The van der Waals surface area contributed by atoms with Gasteiger partial charge in [-0.05, 0) is 67.7 Å². The Balaban J connectivity index is 1.76. The lowest BCUT2D eigenvalue weighted by molar-refractivity contribution is 0.0601. The van der Waals surface area contributed by atoms with Crippen LogP contribution in [0.4, 0.5) is 5.00 Å². The highest BCUT2D eigenvalue weighted by molar-refractivity contribution is 9.10. The summed E-state index contributed by atoms with van der Waals surface area (Å²) in [4.78, 5) is 25.7. The van der Waals surface area contributed by atoms with Gasteiger partial charge < -0.3 is 10.1 Å². The number of hydrogen-bond acceptors (Lipinski definition) is 5. The van der Waals surface area contributed by atoms with Crippen molar-refractivity contribution < 1.29 is 14.3 Å². The first-order chi connectivity index (χ1) is 12.5. The van der Waals surface area contributed by atoms with Crippen molar-refractivity contribution in [3.8, 4) is 0 Å². The minimum absolute atomic E-state index is 0.154. The van der Waals surface area contributed by atoms with Crippen molar-refractivity contribution in [3.05, 3.63) is 50.3 Å². The van der Waals surface area contributed by atoms with Crippen LogP contribution in [-0.4, -0.2) is 24.1 Å². The summed E-state index contributed by atoms with van der Waals surface area (Å²) < 4.78 is 5.83. The van der Waals surface area contributed by atoms with Crippen LogP contribution in [0.25, 0.3) is 0 Å². The third-order valence-electron chi connectivity index (χ3n) is 4.12. The zero-order valence-electron chi connectivity index (χ0n) is 14.1. The molecule has 136 valence electrons. The van der Waals surface area contributed by atoms with E-state index >= 15 is 0 Å². The summed E-state index contributed by atoms with van der Waals surface area (Å²) in [6.45, 7) is 0. The standard InChI is InChI=1S/C18H17BrN2O3S2/c1-24-17(23)14-12-4-2-3-5-13(12)26-16(14)21-18(25)20-15(22)10-6-8-11(19)9-7-10/h6-9H,2-5H2,1H3,(H2,20,21,22,25). The highest BCUT2D eigenvalue weighted by atomic mass is 79.9. The molecule has 26 heavy (non-hydrogen) atoms. The zero-order valence-corrected chi connectivity index (χ0v) is 17.3. The molecule has 1 heterocycles. The van der Waals surface area contributed by atoms with E-state index in [0.717, 1.165) is 35.7 Å². The van der Waals surface area contributed by atoms with Gasteiger partial charge in [-0.1, -0.05) is 15.9 Å². The number of halogens is 1. The molecule has 0 fully saturated rings. The molecular formula is C18H17BrN2O3S2. The average molecular weight is 453 g/mol. The highest BCUT2D eigenvalue weighted by Crippen LogP contribution is 2.38. The Kier molecular flexibility index (Phi) is 6.05. The number of nitrogens with one attached hydrogen (secondary N) is 2. The number of aryl methyl sites for hydroxylation is 1. The third kappa shape index (κ3) is 4.13. The normalized spacial score (nSPS) is 12.8. The van der Waals surface area contributed by atoms with Crippen LogP contribution in [0.3, 0.4) is 0 Å². The average Bonchev–Trinajstić information content (AvgIpc) is 2.99. The van der Waals surface area contributed by atoms with Gasteiger partial charge in [0.1, 0.15) is 5.00 Å². The molecule has 1 aromatic heterocycles. The van der Waals surface area contributed by atoms with Gasteiger partial charge in [-0.25, -0.2) is 4.79 Å². The fourth-order valence-corrected chi connectivity index (χ4v) is 4.69. The van der Waals surface area contributed by atoms with E-state index in [1.165, 1.54) is 23.3 Å². The molecule has 0 spiro atoms. The topological polar surface area (TPSA) is 67.4 Å². The van der Waals surface area contributed by atoms with Gasteiger partial charge in [0.2, 0.25) is 0 Å². The number of hydrogen-bond donors (Lipinski definition) is 2. The van der Waals surface area contributed by atoms with Crippen molar-refractivity contribution >= 4 is 61.5 Å². The number of carbonyl (C=O) groups is 2. The van der Waals surface area contributed by atoms with Gasteiger partial charge in [0.15, 0.2) is 5.11 Å². The summed E-state index contributed by atoms with van der Waals surface area (Å²) in [6.07, 6.45) is 3.97. The predicted molar refractivity (Wildman–Crippen MR) is 110 cm³/mol. The Morgan fingerprint density at radius 3 is 2.58 bits per heavy atom. The Hall–Kier alpha value is -1.77. The van der Waals surface area contributed by atoms with Crippen molar-refractivity contribution in [2.45, 2.75) is 25.7 Å². The van der Waals surface area contributed by atoms with Crippen LogP contribution >= 0.6 is 39.5 Å². The molecule has 0 bridgehead atoms. The minimum Gasteiger partial charge on any atom is -0.465 e. The van der Waals surface area contributed by atoms with Gasteiger partial charge in [-0.2, -0.15) is 0 Å². The molecule has 2 N–H and O–H groups in total. The number of esters is 1. The predicted octanol–water partition coefficient (Wildman–Crippen LogP) is 4.30. The second-order valence-electron chi connectivity index (χ2n) is 5.82. The number of anilines is 1. The number of rotatable bonds is 3. The molecule has 2 aromatic rings. The number of thiocarbonyl (C=S) groups is 1. The number of benzene rings is 1. The molecule has 0 saturated heterocycles. The van der Waals surface area contributed by atoms with Crippen LogP contribution in [0.5, 0.6) is 0 Å². The first-order valence-electron chi connectivity index (χ1n) is 8.10. The van der Waals surface area contributed by atoms with E-state index in [0.29, 0.717) is 16.1 Å². The number of amides is 1. The first-order valence-corrected chi connectivity index (χ1v) is 10.1. The SMILES string of the molecule is COC(=O)c1c(NC(=S)NC(=O)c2ccc(Br)cc2)sc2c1CCCC2. The minimum atomic E-state index is -0.381. The summed E-state index contributed by atoms with van der Waals surface area (Å²) in [5.74, 6) is -0.690. The molecule has 1 aromatic carbocycles. The van der Waals surface area contributed by atoms with Crippen molar-refractivity contribution in [2.75, 3.05) is 12.4 Å². The molecule has 5 nitrogen and oxygen atoms in total. The molecule has 0 unspecified atom stereocenters. The quantitative estimate of drug-likeness (QED) is 0.536. The Morgan fingerprint density at radius 1 is 1.19 bits per heavy atom. The van der Waals surface area contributed by atoms with E-state index in [-0.39, 0.29) is 17.0 Å². The highest BCUT2D eigenvalue weighted by Gasteiger charge is 2.26. The molecule has 3 rings (SSSR count). The maximum Gasteiger partial charge on any atom is 0.341 e. The smallest absolute Gasteiger partial charge is 0.341 e. The van der Waals surface area contributed by atoms with E-state index in [4.69, 9.17) is 17.0 Å². The molecule has 1 aliphatic carbocycles. The molecular weight excluding hydrogens is 436 g/mol. The zero-order chi connectivity index (χ0) is 18.7. The van der Waals surface area contributed by atoms with E-state index in [2.05, 4.69) is 26.6 Å². The maximum atomic E-state index is 12.3. The summed E-state index contributed by atoms with van der Waals surface area (Å²) >= 11 is 10.1. The Morgan fingerprint density at radius 2 is 1.88 bits per heavy atom. The van der Waals surface area contributed by atoms with Gasteiger partial charge >= 0.3 is 5.97 Å². The molecule has 1 amide bonds. The summed E-state index contributed by atoms with van der Waals surface area (Å²) in [6, 6.07) is 6.97. The van der Waals surface area contributed by atoms with Crippen molar-refractivity contribution in [1.29, 1.82) is 0 Å².